The molecule has 3 heterocycles. The maximum atomic E-state index is 12.2. The molecule has 1 aliphatic rings. The number of nitrogens with zero attached hydrogens (tertiary/aromatic N) is 2. The van der Waals surface area contributed by atoms with Gasteiger partial charge in [-0.15, -0.1) is 0 Å². The van der Waals surface area contributed by atoms with Gasteiger partial charge in [0.05, 0.1) is 0 Å². The Labute approximate surface area is 134 Å². The highest BCUT2D eigenvalue weighted by molar-refractivity contribution is 5.95. The molecule has 2 aromatic heterocycles. The highest BCUT2D eigenvalue weighted by atomic mass is 16.1. The van der Waals surface area contributed by atoms with Crippen LogP contribution in [0.2, 0.25) is 0 Å². The van der Waals surface area contributed by atoms with Crippen molar-refractivity contribution in [3.05, 3.63) is 47.3 Å². The standard InChI is InChI=1S/C18H20N4O/c1-3-9-22-11(2)16-14(10-15(23)20-18(16)21-22)13-6-4-5-12-7-8-19-17(12)13/h4-8,14,19H,3,9-10H2,1-2H3,(H,20,21,23). The third-order valence-corrected chi connectivity index (χ3v) is 4.68. The number of carbonyl (C=O) groups excluding carboxylic acids is 1. The number of amides is 1. The summed E-state index contributed by atoms with van der Waals surface area (Å²) in [5, 5.41) is 8.72. The molecule has 0 spiro atoms. The fraction of sp³-hybridized carbons (Fsp3) is 0.333. The average Bonchev–Trinajstić information content (AvgIpc) is 3.12. The maximum Gasteiger partial charge on any atom is 0.226 e. The summed E-state index contributed by atoms with van der Waals surface area (Å²) in [6.45, 7) is 5.10. The Hall–Kier alpha value is -2.56. The monoisotopic (exact) mass is 308 g/mol. The smallest absolute Gasteiger partial charge is 0.226 e. The van der Waals surface area contributed by atoms with Crippen LogP contribution in [0.25, 0.3) is 10.9 Å². The molecule has 0 saturated carbocycles. The zero-order valence-electron chi connectivity index (χ0n) is 13.4. The van der Waals surface area contributed by atoms with Crippen LogP contribution in [0.15, 0.2) is 30.5 Å². The van der Waals surface area contributed by atoms with Gasteiger partial charge in [0.25, 0.3) is 0 Å². The normalized spacial score (nSPS) is 17.3. The predicted molar refractivity (Wildman–Crippen MR) is 90.6 cm³/mol. The Balaban J connectivity index is 1.91. The number of aromatic amines is 1. The number of benzene rings is 1. The van der Waals surface area contributed by atoms with Gasteiger partial charge in [-0.25, -0.2) is 0 Å². The van der Waals surface area contributed by atoms with Gasteiger partial charge in [0.1, 0.15) is 0 Å². The van der Waals surface area contributed by atoms with Crippen molar-refractivity contribution in [3.63, 3.8) is 0 Å². The molecule has 1 aromatic carbocycles. The zero-order chi connectivity index (χ0) is 16.0. The first-order valence-corrected chi connectivity index (χ1v) is 8.12. The number of anilines is 1. The first kappa shape index (κ1) is 14.1. The summed E-state index contributed by atoms with van der Waals surface area (Å²) in [6.07, 6.45) is 3.43. The lowest BCUT2D eigenvalue weighted by Crippen LogP contribution is -2.23. The molecular weight excluding hydrogens is 288 g/mol. The second-order valence-electron chi connectivity index (χ2n) is 6.16. The van der Waals surface area contributed by atoms with Crippen molar-refractivity contribution in [2.75, 3.05) is 5.32 Å². The van der Waals surface area contributed by atoms with Gasteiger partial charge in [0.15, 0.2) is 5.82 Å². The van der Waals surface area contributed by atoms with Gasteiger partial charge in [-0.1, -0.05) is 25.1 Å². The van der Waals surface area contributed by atoms with Crippen LogP contribution in [-0.4, -0.2) is 20.7 Å². The minimum Gasteiger partial charge on any atom is -0.361 e. The highest BCUT2D eigenvalue weighted by Gasteiger charge is 2.32. The van der Waals surface area contributed by atoms with Crippen LogP contribution in [0.4, 0.5) is 5.82 Å². The van der Waals surface area contributed by atoms with E-state index in [-0.39, 0.29) is 11.8 Å². The largest absolute Gasteiger partial charge is 0.361 e. The lowest BCUT2D eigenvalue weighted by molar-refractivity contribution is -0.116. The van der Waals surface area contributed by atoms with Crippen LogP contribution in [-0.2, 0) is 11.3 Å². The molecule has 2 N–H and O–H groups in total. The van der Waals surface area contributed by atoms with Crippen molar-refractivity contribution in [3.8, 4) is 0 Å². The molecule has 4 rings (SSSR count). The quantitative estimate of drug-likeness (QED) is 0.777. The van der Waals surface area contributed by atoms with E-state index in [0.717, 1.165) is 35.6 Å². The summed E-state index contributed by atoms with van der Waals surface area (Å²) >= 11 is 0. The van der Waals surface area contributed by atoms with E-state index in [1.165, 1.54) is 10.9 Å². The number of carbonyl (C=O) groups is 1. The van der Waals surface area contributed by atoms with Crippen molar-refractivity contribution < 1.29 is 4.79 Å². The zero-order valence-corrected chi connectivity index (χ0v) is 13.4. The molecule has 0 saturated heterocycles. The number of fused-ring (bicyclic) bond motifs is 2. The first-order valence-electron chi connectivity index (χ1n) is 8.12. The summed E-state index contributed by atoms with van der Waals surface area (Å²) < 4.78 is 2.01. The van der Waals surface area contributed by atoms with E-state index in [2.05, 4.69) is 53.5 Å². The van der Waals surface area contributed by atoms with Crippen LogP contribution in [0.3, 0.4) is 0 Å². The number of nitrogens with one attached hydrogen (secondary N) is 2. The van der Waals surface area contributed by atoms with Crippen LogP contribution in [0.5, 0.6) is 0 Å². The van der Waals surface area contributed by atoms with E-state index < -0.39 is 0 Å². The number of rotatable bonds is 3. The Morgan fingerprint density at radius 1 is 1.35 bits per heavy atom. The minimum absolute atomic E-state index is 0.0345. The third kappa shape index (κ3) is 2.15. The van der Waals surface area contributed by atoms with Crippen molar-refractivity contribution >= 4 is 22.6 Å². The lowest BCUT2D eigenvalue weighted by Gasteiger charge is -2.23. The molecule has 118 valence electrons. The molecule has 1 aliphatic heterocycles. The molecule has 1 amide bonds. The van der Waals surface area contributed by atoms with Crippen molar-refractivity contribution in [1.29, 1.82) is 0 Å². The van der Waals surface area contributed by atoms with Gasteiger partial charge in [0, 0.05) is 41.9 Å². The van der Waals surface area contributed by atoms with Crippen molar-refractivity contribution in [2.24, 2.45) is 0 Å². The van der Waals surface area contributed by atoms with Gasteiger partial charge in [-0.2, -0.15) is 5.10 Å². The SMILES string of the molecule is CCCn1nc2c(c1C)C(c1cccc3cc[nH]c13)CC(=O)N2. The highest BCUT2D eigenvalue weighted by Crippen LogP contribution is 2.40. The fourth-order valence-electron chi connectivity index (χ4n) is 3.63. The second kappa shape index (κ2) is 5.26. The van der Waals surface area contributed by atoms with Gasteiger partial charge in [-0.3, -0.25) is 9.48 Å². The summed E-state index contributed by atoms with van der Waals surface area (Å²) in [5.41, 5.74) is 4.58. The molecule has 0 radical (unpaired) electrons. The number of hydrogen-bond donors (Lipinski definition) is 2. The Morgan fingerprint density at radius 2 is 2.22 bits per heavy atom. The van der Waals surface area contributed by atoms with Gasteiger partial charge in [-0.05, 0) is 30.4 Å². The topological polar surface area (TPSA) is 62.7 Å². The summed E-state index contributed by atoms with van der Waals surface area (Å²) in [4.78, 5) is 15.5. The minimum atomic E-state index is 0.0345. The van der Waals surface area contributed by atoms with E-state index in [0.29, 0.717) is 6.42 Å². The molecule has 23 heavy (non-hydrogen) atoms. The van der Waals surface area contributed by atoms with Crippen LogP contribution in [0.1, 0.15) is 42.5 Å². The molecule has 5 nitrogen and oxygen atoms in total. The lowest BCUT2D eigenvalue weighted by atomic mass is 9.85. The third-order valence-electron chi connectivity index (χ3n) is 4.68. The van der Waals surface area contributed by atoms with E-state index in [4.69, 9.17) is 0 Å². The maximum absolute atomic E-state index is 12.2. The Morgan fingerprint density at radius 3 is 3.04 bits per heavy atom. The second-order valence-corrected chi connectivity index (χ2v) is 6.16. The van der Waals surface area contributed by atoms with Crippen molar-refractivity contribution in [1.82, 2.24) is 14.8 Å². The molecule has 0 fully saturated rings. The summed E-state index contributed by atoms with van der Waals surface area (Å²) in [5.74, 6) is 0.805. The molecule has 1 atom stereocenters. The number of para-hydroxylation sites is 1. The summed E-state index contributed by atoms with van der Waals surface area (Å²) in [6, 6.07) is 8.33. The Bertz CT molecular complexity index is 890. The van der Waals surface area contributed by atoms with Gasteiger partial charge >= 0.3 is 0 Å². The summed E-state index contributed by atoms with van der Waals surface area (Å²) in [7, 11) is 0. The van der Waals surface area contributed by atoms with Crippen LogP contribution >= 0.6 is 0 Å². The fourth-order valence-corrected chi connectivity index (χ4v) is 3.63. The van der Waals surface area contributed by atoms with E-state index in [1.54, 1.807) is 0 Å². The predicted octanol–water partition coefficient (Wildman–Crippen LogP) is 3.56. The molecule has 5 heteroatoms. The van der Waals surface area contributed by atoms with E-state index in [1.807, 2.05) is 10.9 Å². The van der Waals surface area contributed by atoms with Gasteiger partial charge in [0.2, 0.25) is 5.91 Å². The Kier molecular flexibility index (Phi) is 3.22. The van der Waals surface area contributed by atoms with Crippen molar-refractivity contribution in [2.45, 2.75) is 39.2 Å². The number of H-pyrrole nitrogens is 1. The molecular formula is C18H20N4O. The van der Waals surface area contributed by atoms with Crippen LogP contribution < -0.4 is 5.32 Å². The van der Waals surface area contributed by atoms with E-state index in [9.17, 15) is 4.79 Å². The first-order chi connectivity index (χ1) is 11.2. The number of aromatic nitrogens is 3. The van der Waals surface area contributed by atoms with Crippen LogP contribution in [0, 0.1) is 6.92 Å². The molecule has 3 aromatic rings. The molecule has 1 unspecified atom stereocenters. The van der Waals surface area contributed by atoms with Gasteiger partial charge < -0.3 is 10.3 Å². The molecule has 0 aliphatic carbocycles. The van der Waals surface area contributed by atoms with E-state index >= 15 is 0 Å². The number of aryl methyl sites for hydroxylation is 1. The number of hydrogen-bond acceptors (Lipinski definition) is 2. The molecule has 0 bridgehead atoms. The average molecular weight is 308 g/mol.